The maximum atomic E-state index is 12.0. The Hall–Kier alpha value is -1.06. The van der Waals surface area contributed by atoms with Crippen molar-refractivity contribution in [3.05, 3.63) is 0 Å². The van der Waals surface area contributed by atoms with Crippen LogP contribution in [0.4, 0.5) is 0 Å². The summed E-state index contributed by atoms with van der Waals surface area (Å²) < 4.78 is 0. The van der Waals surface area contributed by atoms with E-state index in [1.54, 1.807) is 0 Å². The van der Waals surface area contributed by atoms with Gasteiger partial charge in [-0.1, -0.05) is 19.8 Å². The summed E-state index contributed by atoms with van der Waals surface area (Å²) in [5.41, 5.74) is 0. The van der Waals surface area contributed by atoms with Crippen LogP contribution < -0.4 is 0 Å². The first-order valence-electron chi connectivity index (χ1n) is 6.66. The van der Waals surface area contributed by atoms with Crippen LogP contribution in [0.1, 0.15) is 58.3 Å². The van der Waals surface area contributed by atoms with E-state index in [4.69, 9.17) is 5.11 Å². The normalized spacial score (nSPS) is 21.0. The molecule has 4 heteroatoms. The Labute approximate surface area is 103 Å². The first-order chi connectivity index (χ1) is 8.15. The van der Waals surface area contributed by atoms with E-state index in [-0.39, 0.29) is 12.3 Å². The summed E-state index contributed by atoms with van der Waals surface area (Å²) in [5.74, 6) is -0.680. The van der Waals surface area contributed by atoms with Gasteiger partial charge >= 0.3 is 5.97 Å². The van der Waals surface area contributed by atoms with Gasteiger partial charge < -0.3 is 10.0 Å². The standard InChI is InChI=1S/C13H23NO3/c1-2-11-7-4-3-5-10-14(11)12(15)8-6-9-13(16)17/h11H,2-10H2,1H3,(H,16,17). The number of amides is 1. The van der Waals surface area contributed by atoms with Gasteiger partial charge in [-0.2, -0.15) is 0 Å². The average molecular weight is 241 g/mol. The average Bonchev–Trinajstić information content (AvgIpc) is 2.52. The molecule has 1 aliphatic rings. The Morgan fingerprint density at radius 3 is 2.65 bits per heavy atom. The smallest absolute Gasteiger partial charge is 0.303 e. The van der Waals surface area contributed by atoms with E-state index < -0.39 is 5.97 Å². The molecule has 0 aliphatic carbocycles. The number of carboxylic acid groups (broad SMARTS) is 1. The Morgan fingerprint density at radius 2 is 2.00 bits per heavy atom. The topological polar surface area (TPSA) is 57.6 Å². The van der Waals surface area contributed by atoms with E-state index in [9.17, 15) is 9.59 Å². The maximum Gasteiger partial charge on any atom is 0.303 e. The molecule has 1 N–H and O–H groups in total. The molecular weight excluding hydrogens is 218 g/mol. The first-order valence-corrected chi connectivity index (χ1v) is 6.66. The Bertz CT molecular complexity index is 265. The van der Waals surface area contributed by atoms with Crippen molar-refractivity contribution in [2.45, 2.75) is 64.3 Å². The number of carboxylic acids is 1. The lowest BCUT2D eigenvalue weighted by Gasteiger charge is -2.29. The monoisotopic (exact) mass is 241 g/mol. The number of nitrogens with zero attached hydrogens (tertiary/aromatic N) is 1. The Balaban J connectivity index is 2.43. The molecule has 0 spiro atoms. The number of rotatable bonds is 5. The zero-order valence-electron chi connectivity index (χ0n) is 10.7. The Kier molecular flexibility index (Phi) is 6.01. The molecule has 1 amide bonds. The zero-order chi connectivity index (χ0) is 12.7. The van der Waals surface area contributed by atoms with Gasteiger partial charge in [-0.3, -0.25) is 9.59 Å². The van der Waals surface area contributed by atoms with E-state index in [1.165, 1.54) is 12.8 Å². The molecule has 0 aromatic heterocycles. The summed E-state index contributed by atoms with van der Waals surface area (Å²) in [5, 5.41) is 8.55. The van der Waals surface area contributed by atoms with Gasteiger partial charge in [-0.05, 0) is 25.7 Å². The fourth-order valence-electron chi connectivity index (χ4n) is 2.46. The fraction of sp³-hybridized carbons (Fsp3) is 0.846. The molecule has 0 aromatic carbocycles. The Morgan fingerprint density at radius 1 is 1.24 bits per heavy atom. The highest BCUT2D eigenvalue weighted by Crippen LogP contribution is 2.20. The summed E-state index contributed by atoms with van der Waals surface area (Å²) in [7, 11) is 0. The largest absolute Gasteiger partial charge is 0.481 e. The number of carbonyl (C=O) groups is 2. The van der Waals surface area contributed by atoms with E-state index in [0.717, 1.165) is 25.8 Å². The van der Waals surface area contributed by atoms with E-state index in [0.29, 0.717) is 18.9 Å². The third-order valence-corrected chi connectivity index (χ3v) is 3.45. The van der Waals surface area contributed by atoms with Gasteiger partial charge in [0.15, 0.2) is 0 Å². The van der Waals surface area contributed by atoms with Crippen LogP contribution in [-0.4, -0.2) is 34.5 Å². The second-order valence-electron chi connectivity index (χ2n) is 4.75. The third kappa shape index (κ3) is 4.75. The number of hydrogen-bond acceptors (Lipinski definition) is 2. The van der Waals surface area contributed by atoms with Gasteiger partial charge in [0, 0.05) is 25.4 Å². The highest BCUT2D eigenvalue weighted by atomic mass is 16.4. The zero-order valence-corrected chi connectivity index (χ0v) is 10.7. The molecule has 0 saturated carbocycles. The molecule has 0 radical (unpaired) electrons. The molecule has 1 fully saturated rings. The second-order valence-corrected chi connectivity index (χ2v) is 4.75. The molecule has 17 heavy (non-hydrogen) atoms. The predicted molar refractivity (Wildman–Crippen MR) is 65.7 cm³/mol. The highest BCUT2D eigenvalue weighted by Gasteiger charge is 2.23. The summed E-state index contributed by atoms with van der Waals surface area (Å²) in [6, 6.07) is 0.370. The molecule has 1 unspecified atom stereocenters. The summed E-state index contributed by atoms with van der Waals surface area (Å²) in [4.78, 5) is 24.4. The predicted octanol–water partition coefficient (Wildman–Crippen LogP) is 2.42. The lowest BCUT2D eigenvalue weighted by Crippen LogP contribution is -2.39. The van der Waals surface area contributed by atoms with Crippen molar-refractivity contribution in [1.82, 2.24) is 4.90 Å². The first kappa shape index (κ1) is 14.0. The minimum atomic E-state index is -0.819. The molecule has 0 bridgehead atoms. The summed E-state index contributed by atoms with van der Waals surface area (Å²) in [6.45, 7) is 2.97. The lowest BCUT2D eigenvalue weighted by atomic mass is 10.1. The molecular formula is C13H23NO3. The van der Waals surface area contributed by atoms with Crippen LogP contribution in [0.3, 0.4) is 0 Å². The van der Waals surface area contributed by atoms with Crippen molar-refractivity contribution in [3.63, 3.8) is 0 Å². The number of carbonyl (C=O) groups excluding carboxylic acids is 1. The maximum absolute atomic E-state index is 12.0. The molecule has 1 heterocycles. The van der Waals surface area contributed by atoms with Crippen LogP contribution in [-0.2, 0) is 9.59 Å². The fourth-order valence-corrected chi connectivity index (χ4v) is 2.46. The van der Waals surface area contributed by atoms with Crippen molar-refractivity contribution >= 4 is 11.9 Å². The molecule has 4 nitrogen and oxygen atoms in total. The van der Waals surface area contributed by atoms with Crippen LogP contribution in [0.5, 0.6) is 0 Å². The SMILES string of the molecule is CCC1CCCCCN1C(=O)CCCC(=O)O. The molecule has 98 valence electrons. The number of hydrogen-bond donors (Lipinski definition) is 1. The van der Waals surface area contributed by atoms with E-state index >= 15 is 0 Å². The van der Waals surface area contributed by atoms with Crippen molar-refractivity contribution < 1.29 is 14.7 Å². The number of likely N-dealkylation sites (tertiary alicyclic amines) is 1. The van der Waals surface area contributed by atoms with Crippen LogP contribution in [0.15, 0.2) is 0 Å². The van der Waals surface area contributed by atoms with Gasteiger partial charge in [0.1, 0.15) is 0 Å². The van der Waals surface area contributed by atoms with E-state index in [2.05, 4.69) is 6.92 Å². The van der Waals surface area contributed by atoms with Gasteiger partial charge in [0.2, 0.25) is 5.91 Å². The molecule has 1 aliphatic heterocycles. The van der Waals surface area contributed by atoms with Gasteiger partial charge in [-0.25, -0.2) is 0 Å². The van der Waals surface area contributed by atoms with Gasteiger partial charge in [0.05, 0.1) is 0 Å². The molecule has 1 saturated heterocycles. The summed E-state index contributed by atoms with van der Waals surface area (Å²) >= 11 is 0. The molecule has 1 atom stereocenters. The number of aliphatic carboxylic acids is 1. The van der Waals surface area contributed by atoms with Crippen molar-refractivity contribution in [2.75, 3.05) is 6.54 Å². The highest BCUT2D eigenvalue weighted by molar-refractivity contribution is 5.77. The molecule has 0 aromatic rings. The molecule has 1 rings (SSSR count). The third-order valence-electron chi connectivity index (χ3n) is 3.45. The van der Waals surface area contributed by atoms with Crippen molar-refractivity contribution in [3.8, 4) is 0 Å². The van der Waals surface area contributed by atoms with Gasteiger partial charge in [0.25, 0.3) is 0 Å². The van der Waals surface area contributed by atoms with Crippen LogP contribution >= 0.6 is 0 Å². The quantitative estimate of drug-likeness (QED) is 0.804. The van der Waals surface area contributed by atoms with Crippen LogP contribution in [0.25, 0.3) is 0 Å². The summed E-state index contributed by atoms with van der Waals surface area (Å²) in [6.07, 6.45) is 6.53. The minimum absolute atomic E-state index is 0.0936. The second kappa shape index (κ2) is 7.30. The van der Waals surface area contributed by atoms with Crippen molar-refractivity contribution in [1.29, 1.82) is 0 Å². The van der Waals surface area contributed by atoms with Crippen molar-refractivity contribution in [2.24, 2.45) is 0 Å². The van der Waals surface area contributed by atoms with Crippen LogP contribution in [0.2, 0.25) is 0 Å². The van der Waals surface area contributed by atoms with E-state index in [1.807, 2.05) is 4.90 Å². The van der Waals surface area contributed by atoms with Crippen LogP contribution in [0, 0.1) is 0 Å². The lowest BCUT2D eigenvalue weighted by molar-refractivity contribution is -0.137. The van der Waals surface area contributed by atoms with Gasteiger partial charge in [-0.15, -0.1) is 0 Å². The minimum Gasteiger partial charge on any atom is -0.481 e.